The van der Waals surface area contributed by atoms with Gasteiger partial charge in [-0.05, 0) is 18.6 Å². The summed E-state index contributed by atoms with van der Waals surface area (Å²) in [6.45, 7) is 1.82. The molecule has 198 valence electrons. The predicted octanol–water partition coefficient (Wildman–Crippen LogP) is 0.478. The molecule has 2 aromatic carbocycles. The molecule has 5 aliphatic rings. The summed E-state index contributed by atoms with van der Waals surface area (Å²) in [7, 11) is 4.21. The number of aliphatic hydroxyl groups excluding tert-OH is 2. The zero-order valence-electron chi connectivity index (χ0n) is 20.4. The molecular formula is C25H26O12. The molecule has 12 heteroatoms. The summed E-state index contributed by atoms with van der Waals surface area (Å²) in [5.41, 5.74) is -0.522. The van der Waals surface area contributed by atoms with Crippen LogP contribution in [0, 0.1) is 6.92 Å². The molecule has 0 unspecified atom stereocenters. The second-order valence-electron chi connectivity index (χ2n) is 10.1. The summed E-state index contributed by atoms with van der Waals surface area (Å²) in [6, 6.07) is 1.72. The van der Waals surface area contributed by atoms with Crippen molar-refractivity contribution in [1.82, 2.24) is 0 Å². The maximum atomic E-state index is 13.0. The number of hydrogen-bond acceptors (Lipinski definition) is 12. The molecule has 0 amide bonds. The van der Waals surface area contributed by atoms with E-state index in [-0.39, 0.29) is 41.0 Å². The van der Waals surface area contributed by atoms with Crippen molar-refractivity contribution in [2.24, 2.45) is 0 Å². The molecule has 4 heterocycles. The second kappa shape index (κ2) is 7.10. The fourth-order valence-corrected chi connectivity index (χ4v) is 6.76. The van der Waals surface area contributed by atoms with E-state index in [1.165, 1.54) is 21.3 Å². The van der Waals surface area contributed by atoms with E-state index in [0.29, 0.717) is 16.5 Å². The number of phenolic OH excluding ortho intramolecular Hbond substituents is 1. The molecule has 3 fully saturated rings. The highest BCUT2D eigenvalue weighted by Gasteiger charge is 2.92. The number of aryl methyl sites for hydroxylation is 1. The van der Waals surface area contributed by atoms with Crippen molar-refractivity contribution in [3.8, 4) is 17.2 Å². The van der Waals surface area contributed by atoms with Crippen molar-refractivity contribution in [3.63, 3.8) is 0 Å². The number of ketones is 1. The molecular weight excluding hydrogens is 492 g/mol. The van der Waals surface area contributed by atoms with Gasteiger partial charge in [0.15, 0.2) is 11.9 Å². The summed E-state index contributed by atoms with van der Waals surface area (Å²) in [5, 5.41) is 44.8. The molecule has 12 nitrogen and oxygen atoms in total. The van der Waals surface area contributed by atoms with Crippen LogP contribution in [0.1, 0.15) is 45.7 Å². The number of benzene rings is 2. The lowest BCUT2D eigenvalue weighted by Gasteiger charge is -2.47. The third kappa shape index (κ3) is 2.40. The average Bonchev–Trinajstić information content (AvgIpc) is 3.54. The van der Waals surface area contributed by atoms with Crippen LogP contribution in [0.3, 0.4) is 0 Å². The van der Waals surface area contributed by atoms with Crippen molar-refractivity contribution in [1.29, 1.82) is 0 Å². The number of ether oxygens (including phenoxy) is 7. The first-order chi connectivity index (χ1) is 17.6. The fourth-order valence-electron chi connectivity index (χ4n) is 6.76. The van der Waals surface area contributed by atoms with Gasteiger partial charge < -0.3 is 53.6 Å². The topological polar surface area (TPSA) is 166 Å². The van der Waals surface area contributed by atoms with E-state index in [2.05, 4.69) is 0 Å². The minimum Gasteiger partial charge on any atom is -0.506 e. The molecule has 1 aliphatic carbocycles. The van der Waals surface area contributed by atoms with Crippen LogP contribution < -0.4 is 9.47 Å². The Labute approximate surface area is 210 Å². The lowest BCUT2D eigenvalue weighted by Crippen LogP contribution is -2.69. The molecule has 2 aromatic rings. The first kappa shape index (κ1) is 23.6. The van der Waals surface area contributed by atoms with Crippen molar-refractivity contribution in [2.45, 2.75) is 61.2 Å². The van der Waals surface area contributed by atoms with Gasteiger partial charge in [0.1, 0.15) is 29.5 Å². The fraction of sp³-hybridized carbons (Fsp3) is 0.560. The highest BCUT2D eigenvalue weighted by Crippen LogP contribution is 2.71. The number of aromatic hydroxyl groups is 1. The van der Waals surface area contributed by atoms with E-state index in [4.69, 9.17) is 33.2 Å². The number of carbonyl (C=O) groups is 1. The number of carbonyl (C=O) groups excluding carboxylic acids is 1. The van der Waals surface area contributed by atoms with Crippen LogP contribution in [-0.2, 0) is 23.7 Å². The standard InChI is InChI=1S/C25H26O12/c1-8-5-9-13(17(29)15-14(18(9)31-2)10(26)6-11(27)16(15)28)19-12(8)20-21-24(30,35-19)23(7-34-23)25(36-20,37-21)22(32-3)33-4/h5,10-11,20-22,26-27,29-30H,6-7H2,1-4H3/t10-,11-,20-,21-,23-,24+,25-/m0/s1. The smallest absolute Gasteiger partial charge is 0.274 e. The van der Waals surface area contributed by atoms with E-state index in [9.17, 15) is 25.2 Å². The van der Waals surface area contributed by atoms with Gasteiger partial charge >= 0.3 is 0 Å². The Kier molecular flexibility index (Phi) is 4.52. The van der Waals surface area contributed by atoms with Crippen molar-refractivity contribution >= 4 is 16.6 Å². The van der Waals surface area contributed by atoms with Gasteiger partial charge in [-0.1, -0.05) is 0 Å². The predicted molar refractivity (Wildman–Crippen MR) is 120 cm³/mol. The number of methoxy groups -OCH3 is 3. The zero-order valence-corrected chi connectivity index (χ0v) is 20.4. The first-order valence-electron chi connectivity index (χ1n) is 11.9. The van der Waals surface area contributed by atoms with Gasteiger partial charge in [-0.2, -0.15) is 0 Å². The Morgan fingerprint density at radius 3 is 2.43 bits per heavy atom. The Balaban J connectivity index is 1.53. The number of Topliss-reactive ketones (excluding diaryl/α,β-unsaturated/α-hetero) is 1. The molecule has 0 saturated carbocycles. The summed E-state index contributed by atoms with van der Waals surface area (Å²) >= 11 is 0. The maximum absolute atomic E-state index is 13.0. The monoisotopic (exact) mass is 518 g/mol. The molecule has 0 radical (unpaired) electrons. The van der Waals surface area contributed by atoms with Crippen LogP contribution in [-0.4, -0.2) is 89.8 Å². The minimum atomic E-state index is -2.06. The van der Waals surface area contributed by atoms with Crippen molar-refractivity contribution < 1.29 is 58.4 Å². The first-order valence-corrected chi connectivity index (χ1v) is 11.9. The van der Waals surface area contributed by atoms with Crippen LogP contribution >= 0.6 is 0 Å². The highest BCUT2D eigenvalue weighted by atomic mass is 16.9. The minimum absolute atomic E-state index is 0.0244. The Hall–Kier alpha value is -2.55. The third-order valence-corrected chi connectivity index (χ3v) is 8.41. The van der Waals surface area contributed by atoms with E-state index in [0.717, 1.165) is 0 Å². The van der Waals surface area contributed by atoms with E-state index in [1.54, 1.807) is 13.0 Å². The lowest BCUT2D eigenvalue weighted by atomic mass is 9.78. The van der Waals surface area contributed by atoms with Crippen LogP contribution in [0.15, 0.2) is 6.07 Å². The van der Waals surface area contributed by atoms with Gasteiger partial charge in [0.2, 0.25) is 11.9 Å². The molecule has 4 aliphatic heterocycles. The lowest BCUT2D eigenvalue weighted by molar-refractivity contribution is -0.344. The summed E-state index contributed by atoms with van der Waals surface area (Å²) < 4.78 is 41.2. The number of hydrogen-bond donors (Lipinski definition) is 4. The van der Waals surface area contributed by atoms with E-state index in [1.807, 2.05) is 0 Å². The quantitative estimate of drug-likeness (QED) is 0.327. The zero-order chi connectivity index (χ0) is 26.2. The third-order valence-electron chi connectivity index (χ3n) is 8.41. The normalized spacial score (nSPS) is 38.8. The van der Waals surface area contributed by atoms with Gasteiger partial charge in [-0.25, -0.2) is 0 Å². The van der Waals surface area contributed by atoms with Crippen molar-refractivity contribution in [2.75, 3.05) is 27.9 Å². The maximum Gasteiger partial charge on any atom is 0.274 e. The average molecular weight is 518 g/mol. The number of fused-ring (bicyclic) bond motifs is 8. The summed E-state index contributed by atoms with van der Waals surface area (Å²) in [6.07, 6.45) is -5.92. The summed E-state index contributed by atoms with van der Waals surface area (Å²) in [5.74, 6) is -4.74. The molecule has 1 spiro atoms. The Bertz CT molecular complexity index is 1380. The number of aliphatic hydroxyl groups is 3. The SMILES string of the molecule is COc1c2c(c(O)c3c4c(c(C)cc13)[C@@H]1O[C@@]3(C(OC)OC)O[C@@H]1[C@@](O)(O4)[C@@]31CO1)C(=O)[C@@H](O)C[C@@H]2O. The van der Waals surface area contributed by atoms with Gasteiger partial charge in [-0.15, -0.1) is 0 Å². The van der Waals surface area contributed by atoms with E-state index < -0.39 is 59.4 Å². The molecule has 7 atom stereocenters. The Morgan fingerprint density at radius 1 is 1.11 bits per heavy atom. The van der Waals surface area contributed by atoms with Crippen LogP contribution in [0.2, 0.25) is 0 Å². The number of rotatable bonds is 4. The summed E-state index contributed by atoms with van der Waals surface area (Å²) in [4.78, 5) is 13.0. The Morgan fingerprint density at radius 2 is 1.81 bits per heavy atom. The molecule has 0 aromatic heterocycles. The molecule has 4 N–H and O–H groups in total. The number of epoxide rings is 1. The van der Waals surface area contributed by atoms with Crippen LogP contribution in [0.25, 0.3) is 10.8 Å². The van der Waals surface area contributed by atoms with Gasteiger partial charge in [0.25, 0.3) is 11.6 Å². The molecule has 37 heavy (non-hydrogen) atoms. The molecule has 7 rings (SSSR count). The number of phenols is 1. The van der Waals surface area contributed by atoms with E-state index >= 15 is 0 Å². The van der Waals surface area contributed by atoms with Gasteiger partial charge in [0.05, 0.1) is 30.8 Å². The van der Waals surface area contributed by atoms with Gasteiger partial charge in [-0.3, -0.25) is 4.79 Å². The largest absolute Gasteiger partial charge is 0.506 e. The van der Waals surface area contributed by atoms with Crippen molar-refractivity contribution in [3.05, 3.63) is 28.3 Å². The molecule has 3 saturated heterocycles. The second-order valence-corrected chi connectivity index (χ2v) is 10.1. The highest BCUT2D eigenvalue weighted by molar-refractivity contribution is 6.13. The van der Waals surface area contributed by atoms with Crippen LogP contribution in [0.5, 0.6) is 17.2 Å². The van der Waals surface area contributed by atoms with Crippen LogP contribution in [0.4, 0.5) is 0 Å². The molecule has 2 bridgehead atoms. The van der Waals surface area contributed by atoms with Gasteiger partial charge in [0, 0.05) is 37.2 Å².